The maximum absolute atomic E-state index is 13.2. The number of primary amides is 1. The van der Waals surface area contributed by atoms with Gasteiger partial charge in [0.25, 0.3) is 0 Å². The fourth-order valence-electron chi connectivity index (χ4n) is 1.01. The highest BCUT2D eigenvalue weighted by molar-refractivity contribution is 5.84. The lowest BCUT2D eigenvalue weighted by Gasteiger charge is -2.08. The highest BCUT2D eigenvalue weighted by Gasteiger charge is 2.13. The fourth-order valence-corrected chi connectivity index (χ4v) is 1.01. The first-order chi connectivity index (χ1) is 8.00. The third-order valence-corrected chi connectivity index (χ3v) is 1.58. The van der Waals surface area contributed by atoms with Gasteiger partial charge in [-0.3, -0.25) is 0 Å². The molecule has 0 spiro atoms. The van der Waals surface area contributed by atoms with Gasteiger partial charge in [0.2, 0.25) is 0 Å². The molecule has 3 N–H and O–H groups in total. The molecule has 1 rings (SSSR count). The molecule has 0 aliphatic carbocycles. The topological polar surface area (TPSA) is 76.7 Å². The highest BCUT2D eigenvalue weighted by atomic mass is 19.3. The number of hydrogen-bond acceptors (Lipinski definition) is 3. The summed E-state index contributed by atoms with van der Waals surface area (Å²) in [6.45, 7) is -3.16. The van der Waals surface area contributed by atoms with Crippen molar-refractivity contribution in [2.45, 2.75) is 6.61 Å². The number of hydrogen-bond donors (Lipinski definition) is 2. The Morgan fingerprint density at radius 2 is 2.24 bits per heavy atom. The van der Waals surface area contributed by atoms with Gasteiger partial charge in [0.15, 0.2) is 11.6 Å². The van der Waals surface area contributed by atoms with E-state index in [-0.39, 0.29) is 5.56 Å². The number of halogens is 3. The number of carbonyl (C=O) groups is 1. The normalized spacial score (nSPS) is 10.8. The zero-order valence-corrected chi connectivity index (χ0v) is 8.36. The van der Waals surface area contributed by atoms with Crippen LogP contribution in [0.1, 0.15) is 5.56 Å². The van der Waals surface area contributed by atoms with Crippen LogP contribution < -0.4 is 15.9 Å². The summed E-state index contributed by atoms with van der Waals surface area (Å²) < 4.78 is 41.2. The average Bonchev–Trinajstić information content (AvgIpc) is 2.22. The first kappa shape index (κ1) is 12.8. The molecule has 0 saturated carbocycles. The minimum Gasteiger partial charge on any atom is -0.431 e. The minimum absolute atomic E-state index is 0.0564. The van der Waals surface area contributed by atoms with Crippen molar-refractivity contribution in [3.05, 3.63) is 29.6 Å². The Balaban J connectivity index is 2.94. The van der Waals surface area contributed by atoms with E-state index in [0.717, 1.165) is 12.3 Å². The first-order valence-electron chi connectivity index (χ1n) is 4.32. The number of rotatable bonds is 4. The van der Waals surface area contributed by atoms with Crippen molar-refractivity contribution >= 4 is 12.2 Å². The Bertz CT molecular complexity index is 437. The molecule has 1 aromatic rings. The molecule has 0 unspecified atom stereocenters. The summed E-state index contributed by atoms with van der Waals surface area (Å²) >= 11 is 0. The molecule has 0 aromatic heterocycles. The van der Waals surface area contributed by atoms with Gasteiger partial charge in [0.05, 0.1) is 6.21 Å². The lowest BCUT2D eigenvalue weighted by atomic mass is 10.2. The van der Waals surface area contributed by atoms with Crippen LogP contribution in [0.3, 0.4) is 0 Å². The smallest absolute Gasteiger partial charge is 0.387 e. The number of para-hydroxylation sites is 1. The number of carbonyl (C=O) groups excluding carboxylic acids is 1. The summed E-state index contributed by atoms with van der Waals surface area (Å²) in [6.07, 6.45) is 0.936. The molecule has 92 valence electrons. The van der Waals surface area contributed by atoms with Crippen LogP contribution in [-0.4, -0.2) is 18.9 Å². The summed E-state index contributed by atoms with van der Waals surface area (Å²) in [5.41, 5.74) is 6.50. The Morgan fingerprint density at radius 3 is 2.82 bits per heavy atom. The molecule has 0 aliphatic heterocycles. The molecule has 0 radical (unpaired) electrons. The lowest BCUT2D eigenvalue weighted by molar-refractivity contribution is -0.0522. The first-order valence-corrected chi connectivity index (χ1v) is 4.32. The van der Waals surface area contributed by atoms with Crippen LogP contribution in [0.5, 0.6) is 5.75 Å². The standard InChI is InChI=1S/C9H8F3N3O2/c10-6-3-1-2-5(4-14-15-9(13)16)7(6)17-8(11)12/h1-4,8H,(H3,13,15,16). The number of amides is 2. The number of benzene rings is 1. The molecule has 0 atom stereocenters. The second kappa shape index (κ2) is 5.73. The second-order valence-corrected chi connectivity index (χ2v) is 2.77. The summed E-state index contributed by atoms with van der Waals surface area (Å²) in [4.78, 5) is 10.3. The summed E-state index contributed by atoms with van der Waals surface area (Å²) in [7, 11) is 0. The molecule has 0 aliphatic rings. The molecule has 5 nitrogen and oxygen atoms in total. The van der Waals surface area contributed by atoms with Gasteiger partial charge in [-0.15, -0.1) is 0 Å². The van der Waals surface area contributed by atoms with Gasteiger partial charge >= 0.3 is 12.6 Å². The van der Waals surface area contributed by atoms with Gasteiger partial charge in [-0.25, -0.2) is 14.6 Å². The van der Waals surface area contributed by atoms with Crippen molar-refractivity contribution in [3.63, 3.8) is 0 Å². The molecule has 17 heavy (non-hydrogen) atoms. The van der Waals surface area contributed by atoms with Gasteiger partial charge < -0.3 is 10.5 Å². The van der Waals surface area contributed by atoms with Crippen LogP contribution in [0, 0.1) is 5.82 Å². The van der Waals surface area contributed by atoms with Crippen molar-refractivity contribution in [3.8, 4) is 5.75 Å². The van der Waals surface area contributed by atoms with E-state index in [2.05, 4.69) is 9.84 Å². The number of hydrazone groups is 1. The number of urea groups is 1. The second-order valence-electron chi connectivity index (χ2n) is 2.77. The van der Waals surface area contributed by atoms with Crippen LogP contribution in [0.25, 0.3) is 0 Å². The van der Waals surface area contributed by atoms with Gasteiger partial charge in [-0.05, 0) is 12.1 Å². The van der Waals surface area contributed by atoms with Crippen LogP contribution >= 0.6 is 0 Å². The number of nitrogens with two attached hydrogens (primary N) is 1. The van der Waals surface area contributed by atoms with Crippen molar-refractivity contribution in [1.29, 1.82) is 0 Å². The maximum Gasteiger partial charge on any atom is 0.387 e. The Morgan fingerprint density at radius 1 is 1.53 bits per heavy atom. The van der Waals surface area contributed by atoms with Crippen LogP contribution in [-0.2, 0) is 0 Å². The predicted octanol–water partition coefficient (Wildman–Crippen LogP) is 1.43. The van der Waals surface area contributed by atoms with Crippen LogP contribution in [0.4, 0.5) is 18.0 Å². The van der Waals surface area contributed by atoms with E-state index >= 15 is 0 Å². The predicted molar refractivity (Wildman–Crippen MR) is 53.3 cm³/mol. The molecular weight excluding hydrogens is 239 g/mol. The monoisotopic (exact) mass is 247 g/mol. The van der Waals surface area contributed by atoms with E-state index in [4.69, 9.17) is 5.73 Å². The van der Waals surface area contributed by atoms with E-state index in [1.165, 1.54) is 12.1 Å². The van der Waals surface area contributed by atoms with Crippen molar-refractivity contribution in [2.24, 2.45) is 10.8 Å². The fraction of sp³-hybridized carbons (Fsp3) is 0.111. The highest BCUT2D eigenvalue weighted by Crippen LogP contribution is 2.22. The van der Waals surface area contributed by atoms with Crippen molar-refractivity contribution < 1.29 is 22.7 Å². The molecule has 0 heterocycles. The molecule has 0 fully saturated rings. The van der Waals surface area contributed by atoms with E-state index < -0.39 is 24.2 Å². The third kappa shape index (κ3) is 4.01. The largest absolute Gasteiger partial charge is 0.431 e. The number of nitrogens with zero attached hydrogens (tertiary/aromatic N) is 1. The molecule has 2 amide bonds. The van der Waals surface area contributed by atoms with E-state index in [1.54, 1.807) is 0 Å². The number of nitrogens with one attached hydrogen (secondary N) is 1. The summed E-state index contributed by atoms with van der Waals surface area (Å²) in [5, 5.41) is 3.31. The molecular formula is C9H8F3N3O2. The zero-order chi connectivity index (χ0) is 12.8. The number of alkyl halides is 2. The molecule has 0 saturated heterocycles. The minimum atomic E-state index is -3.16. The number of ether oxygens (including phenoxy) is 1. The average molecular weight is 247 g/mol. The Labute approximate surface area is 94.1 Å². The van der Waals surface area contributed by atoms with E-state index in [9.17, 15) is 18.0 Å². The quantitative estimate of drug-likeness (QED) is 0.623. The van der Waals surface area contributed by atoms with Gasteiger partial charge in [-0.2, -0.15) is 13.9 Å². The third-order valence-electron chi connectivity index (χ3n) is 1.58. The molecule has 1 aromatic carbocycles. The van der Waals surface area contributed by atoms with Crippen LogP contribution in [0.15, 0.2) is 23.3 Å². The Kier molecular flexibility index (Phi) is 4.32. The van der Waals surface area contributed by atoms with Gasteiger partial charge in [0.1, 0.15) is 0 Å². The van der Waals surface area contributed by atoms with E-state index in [1.807, 2.05) is 5.43 Å². The van der Waals surface area contributed by atoms with Gasteiger partial charge in [0, 0.05) is 5.56 Å². The lowest BCUT2D eigenvalue weighted by Crippen LogP contribution is -2.24. The van der Waals surface area contributed by atoms with Gasteiger partial charge in [-0.1, -0.05) is 6.07 Å². The maximum atomic E-state index is 13.2. The van der Waals surface area contributed by atoms with E-state index in [0.29, 0.717) is 0 Å². The zero-order valence-electron chi connectivity index (χ0n) is 8.36. The van der Waals surface area contributed by atoms with Crippen molar-refractivity contribution in [1.82, 2.24) is 5.43 Å². The summed E-state index contributed by atoms with van der Waals surface area (Å²) in [5.74, 6) is -1.62. The Hall–Kier alpha value is -2.25. The summed E-state index contributed by atoms with van der Waals surface area (Å²) in [6, 6.07) is 2.58. The van der Waals surface area contributed by atoms with Crippen LogP contribution in [0.2, 0.25) is 0 Å². The van der Waals surface area contributed by atoms with Crippen molar-refractivity contribution in [2.75, 3.05) is 0 Å². The molecule has 8 heteroatoms. The molecule has 0 bridgehead atoms. The SMILES string of the molecule is NC(=O)NN=Cc1cccc(F)c1OC(F)F.